The maximum Gasteiger partial charge on any atom is 0.295 e. The van der Waals surface area contributed by atoms with Gasteiger partial charge in [0, 0.05) is 11.8 Å². The predicted octanol–water partition coefficient (Wildman–Crippen LogP) is 5.21. The zero-order valence-corrected chi connectivity index (χ0v) is 18.5. The Bertz CT molecular complexity index is 1260. The zero-order chi connectivity index (χ0) is 23.9. The number of anilines is 1. The average Bonchev–Trinajstić information content (AvgIpc) is 3.56. The Morgan fingerprint density at radius 3 is 2.55 bits per heavy atom. The van der Waals surface area contributed by atoms with Crippen LogP contribution in [0.4, 0.5) is 23.4 Å². The van der Waals surface area contributed by atoms with Gasteiger partial charge in [-0.2, -0.15) is 0 Å². The van der Waals surface area contributed by atoms with E-state index in [0.29, 0.717) is 24.1 Å². The van der Waals surface area contributed by atoms with E-state index in [-0.39, 0.29) is 29.3 Å². The lowest BCUT2D eigenvalue weighted by Gasteiger charge is -2.21. The summed E-state index contributed by atoms with van der Waals surface area (Å²) in [6, 6.07) is 3.08. The van der Waals surface area contributed by atoms with Crippen molar-refractivity contribution in [1.82, 2.24) is 14.5 Å². The minimum atomic E-state index is -2.95. The number of aryl methyl sites for hydroxylation is 1. The van der Waals surface area contributed by atoms with Crippen LogP contribution in [-0.4, -0.2) is 27.8 Å². The molecule has 176 valence electrons. The minimum absolute atomic E-state index is 0.0122. The summed E-state index contributed by atoms with van der Waals surface area (Å²) in [6.07, 6.45) is -0.429. The fourth-order valence-corrected chi connectivity index (χ4v) is 3.95. The van der Waals surface area contributed by atoms with Gasteiger partial charge in [-0.1, -0.05) is 18.2 Å². The molecule has 0 saturated heterocycles. The summed E-state index contributed by atoms with van der Waals surface area (Å²) in [5.74, 6) is -0.425. The lowest BCUT2D eigenvalue weighted by molar-refractivity contribution is 0.146. The second-order valence-electron chi connectivity index (χ2n) is 8.22. The van der Waals surface area contributed by atoms with Gasteiger partial charge in [-0.15, -0.1) is 0 Å². The maximum absolute atomic E-state index is 14.7. The van der Waals surface area contributed by atoms with Crippen LogP contribution in [0.5, 0.6) is 5.75 Å². The first-order valence-corrected chi connectivity index (χ1v) is 10.7. The van der Waals surface area contributed by atoms with Crippen LogP contribution in [0.1, 0.15) is 56.1 Å². The van der Waals surface area contributed by atoms with Gasteiger partial charge in [0.2, 0.25) is 5.75 Å². The number of ether oxygens (including phenoxy) is 1. The summed E-state index contributed by atoms with van der Waals surface area (Å²) in [6.45, 7) is 4.45. The Labute approximate surface area is 187 Å². The normalized spacial score (nSPS) is 15.6. The van der Waals surface area contributed by atoms with Crippen LogP contribution in [-0.2, 0) is 5.54 Å². The standard InChI is InChI=1S/C23H24F4N4O2/c1-4-33-19-18-16(10-31(22(19)32)23(11-24)8-9-23)21(30-13(3)29-18)28-12(2)14-6-5-7-15(17(14)25)20(26)27/h5-7,10,12,20H,4,8-9,11H2,1-3H3,(H,28,29,30)/t12-/m1/s1. The molecule has 1 aromatic carbocycles. The maximum atomic E-state index is 14.7. The first-order valence-electron chi connectivity index (χ1n) is 10.7. The Kier molecular flexibility index (Phi) is 6.02. The third-order valence-electron chi connectivity index (χ3n) is 5.93. The van der Waals surface area contributed by atoms with Gasteiger partial charge in [0.05, 0.1) is 29.1 Å². The van der Waals surface area contributed by atoms with Crippen LogP contribution >= 0.6 is 0 Å². The number of hydrogen-bond donors (Lipinski definition) is 1. The van der Waals surface area contributed by atoms with Gasteiger partial charge >= 0.3 is 0 Å². The highest BCUT2D eigenvalue weighted by Crippen LogP contribution is 2.44. The van der Waals surface area contributed by atoms with E-state index in [1.165, 1.54) is 22.9 Å². The molecule has 0 aliphatic heterocycles. The number of pyridine rings is 1. The van der Waals surface area contributed by atoms with Crippen molar-refractivity contribution in [3.8, 4) is 5.75 Å². The number of hydrogen-bond acceptors (Lipinski definition) is 5. The van der Waals surface area contributed by atoms with Crippen molar-refractivity contribution in [1.29, 1.82) is 0 Å². The van der Waals surface area contributed by atoms with Gasteiger partial charge in [0.1, 0.15) is 29.7 Å². The molecule has 0 spiro atoms. The molecular weight excluding hydrogens is 440 g/mol. The first-order chi connectivity index (χ1) is 15.7. The number of nitrogens with zero attached hydrogens (tertiary/aromatic N) is 3. The van der Waals surface area contributed by atoms with Gasteiger partial charge in [0.15, 0.2) is 0 Å². The monoisotopic (exact) mass is 464 g/mol. The van der Waals surface area contributed by atoms with E-state index in [0.717, 1.165) is 6.07 Å². The van der Waals surface area contributed by atoms with Crippen LogP contribution in [0, 0.1) is 12.7 Å². The fourth-order valence-electron chi connectivity index (χ4n) is 3.95. The van der Waals surface area contributed by atoms with Crippen LogP contribution in [0.25, 0.3) is 10.9 Å². The Hall–Kier alpha value is -3.17. The van der Waals surface area contributed by atoms with E-state index < -0.39 is 41.6 Å². The number of benzene rings is 1. The smallest absolute Gasteiger partial charge is 0.295 e. The highest BCUT2D eigenvalue weighted by Gasteiger charge is 2.46. The van der Waals surface area contributed by atoms with Crippen LogP contribution in [0.2, 0.25) is 0 Å². The van der Waals surface area contributed by atoms with Gasteiger partial charge < -0.3 is 14.6 Å². The van der Waals surface area contributed by atoms with Gasteiger partial charge in [0.25, 0.3) is 12.0 Å². The Balaban J connectivity index is 1.86. The van der Waals surface area contributed by atoms with Crippen LogP contribution < -0.4 is 15.6 Å². The van der Waals surface area contributed by atoms with E-state index in [9.17, 15) is 22.4 Å². The fraction of sp³-hybridized carbons (Fsp3) is 0.435. The van der Waals surface area contributed by atoms with Crippen molar-refractivity contribution in [2.24, 2.45) is 0 Å². The number of halogens is 4. The summed E-state index contributed by atoms with van der Waals surface area (Å²) >= 11 is 0. The molecule has 0 amide bonds. The first kappa shape index (κ1) is 23.0. The van der Waals surface area contributed by atoms with Gasteiger partial charge in [-0.25, -0.2) is 27.5 Å². The van der Waals surface area contributed by atoms with Gasteiger partial charge in [-0.05, 0) is 33.6 Å². The summed E-state index contributed by atoms with van der Waals surface area (Å²) in [4.78, 5) is 21.9. The van der Waals surface area contributed by atoms with Crippen molar-refractivity contribution < 1.29 is 22.3 Å². The van der Waals surface area contributed by atoms with Crippen LogP contribution in [0.3, 0.4) is 0 Å². The molecule has 2 heterocycles. The molecule has 0 unspecified atom stereocenters. The molecule has 6 nitrogen and oxygen atoms in total. The Morgan fingerprint density at radius 1 is 1.24 bits per heavy atom. The zero-order valence-electron chi connectivity index (χ0n) is 18.5. The average molecular weight is 464 g/mol. The molecule has 1 aliphatic rings. The molecule has 1 saturated carbocycles. The molecule has 1 atom stereocenters. The SMILES string of the molecule is CCOc1c(=O)n(C2(CF)CC2)cc2c(N[C@H](C)c3cccc(C(F)F)c3F)nc(C)nc12. The molecule has 1 fully saturated rings. The number of alkyl halides is 3. The molecule has 33 heavy (non-hydrogen) atoms. The number of aromatic nitrogens is 3. The quantitative estimate of drug-likeness (QED) is 0.464. The third-order valence-corrected chi connectivity index (χ3v) is 5.93. The number of nitrogens with one attached hydrogen (secondary N) is 1. The molecule has 1 aliphatic carbocycles. The van der Waals surface area contributed by atoms with Crippen molar-refractivity contribution in [3.63, 3.8) is 0 Å². The van der Waals surface area contributed by atoms with Crippen molar-refractivity contribution in [3.05, 3.63) is 57.5 Å². The molecule has 4 rings (SSSR count). The van der Waals surface area contributed by atoms with E-state index in [4.69, 9.17) is 4.74 Å². The molecule has 2 aromatic heterocycles. The highest BCUT2D eigenvalue weighted by molar-refractivity contribution is 5.92. The van der Waals surface area contributed by atoms with Crippen LogP contribution in [0.15, 0.2) is 29.2 Å². The summed E-state index contributed by atoms with van der Waals surface area (Å²) in [7, 11) is 0. The number of rotatable bonds is 8. The molecule has 0 radical (unpaired) electrons. The molecule has 10 heteroatoms. The van der Waals surface area contributed by atoms with Crippen molar-refractivity contribution >= 4 is 16.7 Å². The van der Waals surface area contributed by atoms with E-state index in [1.807, 2.05) is 0 Å². The number of fused-ring (bicyclic) bond motifs is 1. The van der Waals surface area contributed by atoms with E-state index >= 15 is 0 Å². The molecule has 0 bridgehead atoms. The Morgan fingerprint density at radius 2 is 1.94 bits per heavy atom. The second kappa shape index (κ2) is 8.64. The molecule has 1 N–H and O–H groups in total. The molecule has 3 aromatic rings. The summed E-state index contributed by atoms with van der Waals surface area (Å²) in [5.41, 5.74) is -1.80. The third kappa shape index (κ3) is 4.02. The lowest BCUT2D eigenvalue weighted by atomic mass is 10.0. The second-order valence-corrected chi connectivity index (χ2v) is 8.22. The summed E-state index contributed by atoms with van der Waals surface area (Å²) < 4.78 is 61.7. The summed E-state index contributed by atoms with van der Waals surface area (Å²) in [5, 5.41) is 3.44. The van der Waals surface area contributed by atoms with Crippen molar-refractivity contribution in [2.45, 2.75) is 51.6 Å². The van der Waals surface area contributed by atoms with E-state index in [2.05, 4.69) is 15.3 Å². The predicted molar refractivity (Wildman–Crippen MR) is 116 cm³/mol. The van der Waals surface area contributed by atoms with Gasteiger partial charge in [-0.3, -0.25) is 4.79 Å². The highest BCUT2D eigenvalue weighted by atomic mass is 19.3. The minimum Gasteiger partial charge on any atom is -0.487 e. The topological polar surface area (TPSA) is 69.0 Å². The van der Waals surface area contributed by atoms with Crippen molar-refractivity contribution in [2.75, 3.05) is 18.6 Å². The lowest BCUT2D eigenvalue weighted by Crippen LogP contribution is -2.33. The van der Waals surface area contributed by atoms with E-state index in [1.54, 1.807) is 20.8 Å². The molecular formula is C23H24F4N4O2. The largest absolute Gasteiger partial charge is 0.487 e.